The summed E-state index contributed by atoms with van der Waals surface area (Å²) in [6.45, 7) is 7.35. The molecule has 8 N–H and O–H groups in total. The third-order valence-electron chi connectivity index (χ3n) is 17.3. The quantitative estimate of drug-likeness (QED) is 0.0398. The van der Waals surface area contributed by atoms with E-state index < -0.39 is 0 Å². The first kappa shape index (κ1) is 80.2. The molecule has 0 unspecified atom stereocenters. The van der Waals surface area contributed by atoms with Crippen molar-refractivity contribution in [3.05, 3.63) is 85.5 Å². The van der Waals surface area contributed by atoms with Crippen molar-refractivity contribution in [2.75, 3.05) is 127 Å². The molecular weight excluding hydrogens is 1330 g/mol. The fraction of sp³-hybridized carbons (Fsp3) is 0.597. The molecule has 5 aliphatic rings. The summed E-state index contributed by atoms with van der Waals surface area (Å²) in [5.41, 5.74) is 7.73. The number of rotatable bonds is 19. The van der Waals surface area contributed by atoms with E-state index in [0.29, 0.717) is 85.6 Å². The van der Waals surface area contributed by atoms with E-state index in [1.807, 2.05) is 24.3 Å². The lowest BCUT2D eigenvalue weighted by Crippen LogP contribution is -2.42. The van der Waals surface area contributed by atoms with E-state index in [1.165, 1.54) is 122 Å². The maximum atomic E-state index is 6.32. The number of nitrogens with two attached hydrogens (primary N) is 1. The van der Waals surface area contributed by atoms with Gasteiger partial charge in [0.1, 0.15) is 17.2 Å². The van der Waals surface area contributed by atoms with Gasteiger partial charge in [-0.15, -0.1) is 0 Å². The van der Waals surface area contributed by atoms with Crippen molar-refractivity contribution in [2.24, 2.45) is 23.5 Å². The number of piperidine rings is 2. The molecule has 0 radical (unpaired) electrons. The van der Waals surface area contributed by atoms with E-state index in [4.69, 9.17) is 99.5 Å². The van der Waals surface area contributed by atoms with Gasteiger partial charge in [-0.2, -0.15) is 44.9 Å². The maximum absolute atomic E-state index is 6.32. The van der Waals surface area contributed by atoms with Crippen LogP contribution in [0.5, 0.6) is 17.2 Å². The molecule has 526 valence electrons. The van der Waals surface area contributed by atoms with E-state index in [-0.39, 0.29) is 36.7 Å². The van der Waals surface area contributed by atoms with Crippen LogP contribution < -0.4 is 56.7 Å². The Morgan fingerprint density at radius 2 is 0.789 bits per heavy atom. The largest absolute Gasteiger partial charge is 0.495 e. The van der Waals surface area contributed by atoms with Crippen molar-refractivity contribution in [2.45, 2.75) is 149 Å². The minimum atomic E-state index is 0. The normalized spacial score (nSPS) is 16.5. The first-order valence-corrected chi connectivity index (χ1v) is 34.8. The number of nitrogens with zero attached hydrogens (tertiary/aromatic N) is 12. The molecule has 11 rings (SSSR count). The molecule has 2 saturated heterocycles. The molecule has 2 aliphatic heterocycles. The summed E-state index contributed by atoms with van der Waals surface area (Å²) in [4.78, 5) is 45.2. The van der Waals surface area contributed by atoms with Crippen LogP contribution in [0.2, 0.25) is 30.9 Å². The minimum absolute atomic E-state index is 0. The summed E-state index contributed by atoms with van der Waals surface area (Å²) in [5, 5.41) is 21.0. The van der Waals surface area contributed by atoms with Crippen LogP contribution in [0.3, 0.4) is 0 Å². The zero-order chi connectivity index (χ0) is 66.5. The van der Waals surface area contributed by atoms with Crippen molar-refractivity contribution in [1.82, 2.24) is 60.0 Å². The van der Waals surface area contributed by atoms with Crippen LogP contribution in [0.15, 0.2) is 54.6 Å². The van der Waals surface area contributed by atoms with E-state index in [9.17, 15) is 0 Å². The molecule has 6 aromatic rings. The predicted octanol–water partition coefficient (Wildman–Crippen LogP) is 16.4. The monoisotopic (exact) mass is 1430 g/mol. The van der Waals surface area contributed by atoms with Crippen LogP contribution in [-0.4, -0.2) is 162 Å². The van der Waals surface area contributed by atoms with E-state index >= 15 is 0 Å². The Morgan fingerprint density at radius 1 is 0.453 bits per heavy atom. The second-order valence-corrected chi connectivity index (χ2v) is 26.4. The molecule has 5 fully saturated rings. The van der Waals surface area contributed by atoms with Crippen LogP contribution in [0.1, 0.15) is 137 Å². The van der Waals surface area contributed by atoms with Crippen LogP contribution in [0.4, 0.5) is 52.8 Å². The second-order valence-electron chi connectivity index (χ2n) is 24.2. The molecule has 3 aromatic heterocycles. The Bertz CT molecular complexity index is 3150. The van der Waals surface area contributed by atoms with Crippen LogP contribution in [0.25, 0.3) is 0 Å². The summed E-state index contributed by atoms with van der Waals surface area (Å²) in [6, 6.07) is 17.3. The Balaban J connectivity index is 0.000000233. The molecule has 0 bridgehead atoms. The first-order valence-electron chi connectivity index (χ1n) is 32.5. The van der Waals surface area contributed by atoms with Gasteiger partial charge in [-0.25, -0.2) is 0 Å². The number of methoxy groups -OCH3 is 3. The maximum Gasteiger partial charge on any atom is 0.233 e. The minimum Gasteiger partial charge on any atom is -0.495 e. The molecule has 0 amide bonds. The third kappa shape index (κ3) is 28.1. The number of hydrogen-bond acceptors (Lipinski definition) is 22. The zero-order valence-electron chi connectivity index (χ0n) is 54.9. The molecule has 22 nitrogen and oxygen atoms in total. The average Bonchev–Trinajstić information content (AvgIpc) is 1.01. The van der Waals surface area contributed by atoms with Gasteiger partial charge >= 0.3 is 0 Å². The van der Waals surface area contributed by atoms with Crippen molar-refractivity contribution in [3.63, 3.8) is 0 Å². The van der Waals surface area contributed by atoms with Crippen molar-refractivity contribution >= 4 is 122 Å². The number of hydrogen-bond donors (Lipinski definition) is 7. The number of halogens is 6. The number of nitrogens with one attached hydrogen (secondary N) is 6. The van der Waals surface area contributed by atoms with Crippen molar-refractivity contribution in [1.29, 1.82) is 0 Å². The number of benzene rings is 3. The molecule has 0 spiro atoms. The smallest absolute Gasteiger partial charge is 0.233 e. The first-order chi connectivity index (χ1) is 45.0. The van der Waals surface area contributed by atoms with E-state index in [0.717, 1.165) is 68.9 Å². The molecule has 28 heteroatoms. The van der Waals surface area contributed by atoms with Gasteiger partial charge in [0.05, 0.1) is 36.4 Å². The van der Waals surface area contributed by atoms with Crippen molar-refractivity contribution in [3.8, 4) is 17.2 Å². The lowest BCUT2D eigenvalue weighted by atomic mass is 9.89. The highest BCUT2D eigenvalue weighted by Crippen LogP contribution is 2.33. The van der Waals surface area contributed by atoms with Gasteiger partial charge < -0.3 is 66.5 Å². The molecular formula is C67H103Cl6N19O3. The van der Waals surface area contributed by atoms with Crippen LogP contribution in [0, 0.1) is 17.8 Å². The Hall–Kier alpha value is -5.53. The lowest BCUT2D eigenvalue weighted by molar-refractivity contribution is 0.240. The molecule has 95 heavy (non-hydrogen) atoms. The molecule has 3 saturated carbocycles. The van der Waals surface area contributed by atoms with Gasteiger partial charge in [0.25, 0.3) is 0 Å². The van der Waals surface area contributed by atoms with Gasteiger partial charge in [-0.1, -0.05) is 107 Å². The van der Waals surface area contributed by atoms with Gasteiger partial charge in [0.2, 0.25) is 51.5 Å². The standard InChI is InChI=1S/C24H36ClN7O.C17H21Cl2N5O.C10H7Cl3N4O.C7H16N2.C7H15N.2CH4/c1-31-13-11-19(12-14-31)32(2)24-29-22(26-16-17-7-5-4-6-8-17)28-23(30-24)27-18-9-10-21(33-3)20(25)15-18;1-25-14-8-7-12(9-13(14)18)21-17-23-15(19)22-16(24-17)20-10-11-5-3-2-4-6-11;1-18-7-3-2-5(4-6(7)11)14-10-16-8(12)15-9(13)17-10;1-8-7-3-5-9(2)6-4-7;8-6-7-4-2-1-3-5-7;;/h9-10,15,17,19H,4-8,11-14,16H2,1-3H3,(H2,26,27,28,29,30);7-9,11H,2-6,10H2,1H3,(H2,20,21,22,23,24);2-4H,1H3,(H,14,15,16,17);7-8H,3-6H2,1-2H3;7H,1-6,8H2;2*1H4. The van der Waals surface area contributed by atoms with Crippen LogP contribution in [-0.2, 0) is 0 Å². The lowest BCUT2D eigenvalue weighted by Gasteiger charge is -2.35. The Labute approximate surface area is 594 Å². The fourth-order valence-corrected chi connectivity index (χ4v) is 13.0. The van der Waals surface area contributed by atoms with E-state index in [1.54, 1.807) is 51.7 Å². The average molecular weight is 1440 g/mol. The highest BCUT2D eigenvalue weighted by Gasteiger charge is 2.25. The Kier molecular flexibility index (Phi) is 36.3. The second kappa shape index (κ2) is 43.0. The zero-order valence-corrected chi connectivity index (χ0v) is 59.4. The highest BCUT2D eigenvalue weighted by atomic mass is 35.5. The Morgan fingerprint density at radius 3 is 1.16 bits per heavy atom. The van der Waals surface area contributed by atoms with E-state index in [2.05, 4.69) is 110 Å². The number of aromatic nitrogens is 9. The predicted molar refractivity (Wildman–Crippen MR) is 396 cm³/mol. The SMILES string of the molecule is C.C.CNC1CCN(C)CC1.COc1ccc(Nc2nc(Cl)nc(Cl)n2)cc1Cl.COc1ccc(Nc2nc(Cl)nc(NCC3CCCCC3)n2)cc1Cl.COc1ccc(Nc2nc(NCC3CCCCC3)nc(N(C)C3CCN(C)CC3)n2)cc1Cl.NCC1CCCCC1. The van der Waals surface area contributed by atoms with Gasteiger partial charge in [-0.05, 0) is 225 Å². The molecule has 3 aromatic carbocycles. The number of ether oxygens (including phenoxy) is 3. The molecule has 0 atom stereocenters. The summed E-state index contributed by atoms with van der Waals surface area (Å²) in [6.07, 6.45) is 24.9. The molecule has 5 heterocycles. The van der Waals surface area contributed by atoms with Gasteiger partial charge in [0, 0.05) is 49.3 Å². The highest BCUT2D eigenvalue weighted by molar-refractivity contribution is 6.33. The summed E-state index contributed by atoms with van der Waals surface area (Å²) < 4.78 is 15.5. The number of likely N-dealkylation sites (tertiary alicyclic amines) is 2. The summed E-state index contributed by atoms with van der Waals surface area (Å²) in [5.74, 6) is 6.93. The van der Waals surface area contributed by atoms with Gasteiger partial charge in [-0.3, -0.25) is 0 Å². The summed E-state index contributed by atoms with van der Waals surface area (Å²) in [7, 11) is 13.2. The van der Waals surface area contributed by atoms with Gasteiger partial charge in [0.15, 0.2) is 0 Å². The van der Waals surface area contributed by atoms with Crippen LogP contribution >= 0.6 is 69.6 Å². The number of anilines is 9. The van der Waals surface area contributed by atoms with Crippen molar-refractivity contribution < 1.29 is 14.2 Å². The molecule has 3 aliphatic carbocycles. The summed E-state index contributed by atoms with van der Waals surface area (Å²) >= 11 is 35.8. The topological polar surface area (TPSA) is 252 Å². The fourth-order valence-electron chi connectivity index (χ4n) is 11.7. The third-order valence-corrected chi connectivity index (χ3v) is 18.7.